The summed E-state index contributed by atoms with van der Waals surface area (Å²) in [5, 5.41) is 0.239. The van der Waals surface area contributed by atoms with Gasteiger partial charge in [-0.1, -0.05) is 114 Å². The largest absolute Gasteiger partial charge is 0.474 e. The Kier molecular flexibility index (Phi) is 5.48. The van der Waals surface area contributed by atoms with Gasteiger partial charge in [0.05, 0.1) is 5.25 Å². The first-order valence-corrected chi connectivity index (χ1v) is 11.7. The van der Waals surface area contributed by atoms with Crippen molar-refractivity contribution in [3.63, 3.8) is 0 Å². The highest BCUT2D eigenvalue weighted by atomic mass is 32.2. The highest BCUT2D eigenvalue weighted by Gasteiger charge is 2.36. The molecule has 156 valence electrons. The van der Waals surface area contributed by atoms with Gasteiger partial charge in [0, 0.05) is 16.7 Å². The van der Waals surface area contributed by atoms with E-state index in [0.717, 1.165) is 5.75 Å². The van der Waals surface area contributed by atoms with Crippen molar-refractivity contribution in [2.24, 2.45) is 0 Å². The monoisotopic (exact) mass is 416 g/mol. The minimum Gasteiger partial charge on any atom is -0.474 e. The Morgan fingerprint density at radius 2 is 1.27 bits per heavy atom. The molecule has 1 nitrogen and oxygen atoms in total. The summed E-state index contributed by atoms with van der Waals surface area (Å²) in [7, 11) is 0. The number of hydrogen-bond donors (Lipinski definition) is 0. The first-order valence-electron chi connectivity index (χ1n) is 10.8. The minimum absolute atomic E-state index is 0.00414. The molecule has 0 radical (unpaired) electrons. The number of benzene rings is 3. The highest BCUT2D eigenvalue weighted by Crippen LogP contribution is 2.55. The average Bonchev–Trinajstić information content (AvgIpc) is 2.72. The van der Waals surface area contributed by atoms with E-state index in [1.807, 2.05) is 11.8 Å². The van der Waals surface area contributed by atoms with Gasteiger partial charge in [-0.3, -0.25) is 0 Å². The second-order valence-electron chi connectivity index (χ2n) is 10.2. The maximum Gasteiger partial charge on any atom is 0.170 e. The van der Waals surface area contributed by atoms with Gasteiger partial charge >= 0.3 is 0 Å². The second-order valence-corrected chi connectivity index (χ2v) is 11.4. The molecule has 0 aliphatic carbocycles. The molecule has 4 rings (SSSR count). The van der Waals surface area contributed by atoms with Crippen molar-refractivity contribution in [3.8, 4) is 5.75 Å². The molecule has 1 heterocycles. The zero-order valence-electron chi connectivity index (χ0n) is 18.9. The van der Waals surface area contributed by atoms with Crippen LogP contribution in [-0.2, 0) is 10.8 Å². The van der Waals surface area contributed by atoms with Gasteiger partial charge in [-0.15, -0.1) is 11.8 Å². The maximum atomic E-state index is 6.76. The van der Waals surface area contributed by atoms with Crippen LogP contribution in [-0.4, -0.2) is 0 Å². The van der Waals surface area contributed by atoms with Gasteiger partial charge < -0.3 is 4.74 Å². The van der Waals surface area contributed by atoms with Crippen molar-refractivity contribution in [1.29, 1.82) is 0 Å². The quantitative estimate of drug-likeness (QED) is 0.416. The summed E-state index contributed by atoms with van der Waals surface area (Å²) in [6.45, 7) is 13.7. The molecule has 0 fully saturated rings. The zero-order chi connectivity index (χ0) is 21.5. The Bertz CT molecular complexity index is 1010. The lowest BCUT2D eigenvalue weighted by atomic mass is 9.78. The third-order valence-corrected chi connectivity index (χ3v) is 7.15. The topological polar surface area (TPSA) is 9.23 Å². The fourth-order valence-electron chi connectivity index (χ4n) is 3.94. The number of fused-ring (bicyclic) bond motifs is 1. The Morgan fingerprint density at radius 3 is 1.80 bits per heavy atom. The molecule has 2 unspecified atom stereocenters. The normalized spacial score (nSPS) is 19.1. The van der Waals surface area contributed by atoms with Gasteiger partial charge in [0.25, 0.3) is 0 Å². The van der Waals surface area contributed by atoms with E-state index in [0.29, 0.717) is 0 Å². The third-order valence-electron chi connectivity index (χ3n) is 5.73. The summed E-state index contributed by atoms with van der Waals surface area (Å²) in [5.41, 5.74) is 6.57. The van der Waals surface area contributed by atoms with Crippen LogP contribution in [0.5, 0.6) is 5.75 Å². The first kappa shape index (κ1) is 21.1. The van der Waals surface area contributed by atoms with E-state index in [-0.39, 0.29) is 21.5 Å². The van der Waals surface area contributed by atoms with E-state index in [4.69, 9.17) is 4.74 Å². The summed E-state index contributed by atoms with van der Waals surface area (Å²) >= 11 is 1.90. The lowest BCUT2D eigenvalue weighted by Crippen LogP contribution is -2.23. The standard InChI is InChI=1S/C28H32OS/c1-27(2,3)21-17-22-24(23(18-21)28(4,5)6)29-26(20-15-11-8-12-16-20)30-25(22)19-13-9-7-10-14-19/h7-18,25-26H,1-6H3. The number of rotatable bonds is 2. The molecule has 1 aliphatic rings. The van der Waals surface area contributed by atoms with Gasteiger partial charge in [-0.05, 0) is 22.0 Å². The van der Waals surface area contributed by atoms with Crippen molar-refractivity contribution in [3.05, 3.63) is 101 Å². The van der Waals surface area contributed by atoms with Crippen LogP contribution < -0.4 is 4.74 Å². The molecule has 3 aromatic rings. The van der Waals surface area contributed by atoms with Crippen LogP contribution in [0.1, 0.15) is 80.0 Å². The van der Waals surface area contributed by atoms with Crippen molar-refractivity contribution in [2.75, 3.05) is 0 Å². The summed E-state index contributed by atoms with van der Waals surface area (Å²) < 4.78 is 6.76. The molecule has 0 spiro atoms. The number of ether oxygens (including phenoxy) is 1. The van der Waals surface area contributed by atoms with E-state index in [1.165, 1.54) is 27.8 Å². The van der Waals surface area contributed by atoms with Crippen LogP contribution in [0, 0.1) is 0 Å². The van der Waals surface area contributed by atoms with Gasteiger partial charge in [0.2, 0.25) is 0 Å². The maximum absolute atomic E-state index is 6.76. The van der Waals surface area contributed by atoms with E-state index in [1.54, 1.807) is 0 Å². The van der Waals surface area contributed by atoms with E-state index in [2.05, 4.69) is 114 Å². The highest BCUT2D eigenvalue weighted by molar-refractivity contribution is 7.99. The summed E-state index contributed by atoms with van der Waals surface area (Å²) in [6.07, 6.45) is 0. The van der Waals surface area contributed by atoms with E-state index < -0.39 is 0 Å². The molecule has 2 atom stereocenters. The molecule has 0 amide bonds. The number of thioether (sulfide) groups is 1. The van der Waals surface area contributed by atoms with Crippen molar-refractivity contribution >= 4 is 11.8 Å². The molecule has 0 N–H and O–H groups in total. The molecule has 0 saturated heterocycles. The Balaban J connectivity index is 1.95. The molecule has 0 aromatic heterocycles. The van der Waals surface area contributed by atoms with Crippen LogP contribution in [0.15, 0.2) is 72.8 Å². The molecule has 1 aliphatic heterocycles. The smallest absolute Gasteiger partial charge is 0.170 e. The molecule has 3 aromatic carbocycles. The Morgan fingerprint density at radius 1 is 0.700 bits per heavy atom. The Labute approximate surface area is 185 Å². The minimum atomic E-state index is -0.0227. The SMILES string of the molecule is CC(C)(C)c1cc2c(c(C(C)(C)C)c1)OC(c1ccccc1)SC2c1ccccc1. The van der Waals surface area contributed by atoms with Gasteiger partial charge in [-0.25, -0.2) is 0 Å². The predicted molar refractivity (Wildman–Crippen MR) is 130 cm³/mol. The molecule has 30 heavy (non-hydrogen) atoms. The lowest BCUT2D eigenvalue weighted by Gasteiger charge is -2.37. The second kappa shape index (κ2) is 7.81. The van der Waals surface area contributed by atoms with Gasteiger partial charge in [0.15, 0.2) is 5.44 Å². The van der Waals surface area contributed by atoms with E-state index >= 15 is 0 Å². The average molecular weight is 417 g/mol. The first-order chi connectivity index (χ1) is 14.1. The molecule has 0 saturated carbocycles. The summed E-state index contributed by atoms with van der Waals surface area (Å²) in [6, 6.07) is 26.2. The van der Waals surface area contributed by atoms with Crippen LogP contribution in [0.25, 0.3) is 0 Å². The summed E-state index contributed by atoms with van der Waals surface area (Å²) in [5.74, 6) is 1.07. The molecule has 0 bridgehead atoms. The molecule has 2 heteroatoms. The van der Waals surface area contributed by atoms with E-state index in [9.17, 15) is 0 Å². The van der Waals surface area contributed by atoms with Gasteiger partial charge in [-0.2, -0.15) is 0 Å². The fraction of sp³-hybridized carbons (Fsp3) is 0.357. The lowest BCUT2D eigenvalue weighted by molar-refractivity contribution is 0.277. The van der Waals surface area contributed by atoms with Crippen molar-refractivity contribution in [1.82, 2.24) is 0 Å². The Hall–Kier alpha value is -2.19. The van der Waals surface area contributed by atoms with Crippen LogP contribution >= 0.6 is 11.8 Å². The third kappa shape index (κ3) is 4.16. The van der Waals surface area contributed by atoms with Crippen molar-refractivity contribution in [2.45, 2.75) is 63.1 Å². The fourth-order valence-corrected chi connectivity index (χ4v) is 5.29. The van der Waals surface area contributed by atoms with Crippen LogP contribution in [0.4, 0.5) is 0 Å². The summed E-state index contributed by atoms with van der Waals surface area (Å²) in [4.78, 5) is 0. The molecular weight excluding hydrogens is 384 g/mol. The molecular formula is C28H32OS. The number of hydrogen-bond acceptors (Lipinski definition) is 2. The van der Waals surface area contributed by atoms with Crippen molar-refractivity contribution < 1.29 is 4.74 Å². The van der Waals surface area contributed by atoms with Crippen LogP contribution in [0.3, 0.4) is 0 Å². The predicted octanol–water partition coefficient (Wildman–Crippen LogP) is 8.20. The zero-order valence-corrected chi connectivity index (χ0v) is 19.7. The van der Waals surface area contributed by atoms with Gasteiger partial charge in [0.1, 0.15) is 5.75 Å². The van der Waals surface area contributed by atoms with Crippen LogP contribution in [0.2, 0.25) is 0 Å².